The second-order valence-electron chi connectivity index (χ2n) is 4.37. The monoisotopic (exact) mass is 284 g/mol. The first kappa shape index (κ1) is 16.0. The van der Waals surface area contributed by atoms with Crippen LogP contribution in [0.3, 0.4) is 0 Å². The van der Waals surface area contributed by atoms with E-state index in [0.717, 1.165) is 0 Å². The number of aliphatic carboxylic acids is 1. The summed E-state index contributed by atoms with van der Waals surface area (Å²) in [5.41, 5.74) is 0. The van der Waals surface area contributed by atoms with Crippen molar-refractivity contribution >= 4 is 12.0 Å². The number of nitrogens with one attached hydrogen (secondary N) is 2. The Hall–Kier alpha value is -2.09. The zero-order valence-electron chi connectivity index (χ0n) is 11.6. The summed E-state index contributed by atoms with van der Waals surface area (Å²) in [6.07, 6.45) is 4.14. The van der Waals surface area contributed by atoms with Gasteiger partial charge >= 0.3 is 12.0 Å². The van der Waals surface area contributed by atoms with Crippen molar-refractivity contribution in [2.24, 2.45) is 0 Å². The van der Waals surface area contributed by atoms with Crippen LogP contribution in [-0.2, 0) is 16.1 Å². The number of urea groups is 1. The number of methoxy groups -OCH3 is 1. The fourth-order valence-corrected chi connectivity index (χ4v) is 1.63. The first-order valence-corrected chi connectivity index (χ1v) is 6.26. The molecule has 0 radical (unpaired) electrons. The largest absolute Gasteiger partial charge is 0.480 e. The summed E-state index contributed by atoms with van der Waals surface area (Å²) in [7, 11) is 3.12. The number of hydrogen-bond acceptors (Lipinski definition) is 4. The van der Waals surface area contributed by atoms with Crippen LogP contribution in [0.5, 0.6) is 0 Å². The summed E-state index contributed by atoms with van der Waals surface area (Å²) in [6, 6.07) is -1.37. The van der Waals surface area contributed by atoms with Gasteiger partial charge < -0.3 is 25.0 Å². The summed E-state index contributed by atoms with van der Waals surface area (Å²) >= 11 is 0. The number of hydrogen-bond donors (Lipinski definition) is 3. The van der Waals surface area contributed by atoms with Gasteiger partial charge in [0.1, 0.15) is 11.9 Å². The number of carboxylic acid groups (broad SMARTS) is 1. The number of aromatic amines is 1. The van der Waals surface area contributed by atoms with Crippen molar-refractivity contribution in [2.45, 2.75) is 25.4 Å². The number of H-pyrrole nitrogens is 1. The van der Waals surface area contributed by atoms with E-state index in [1.807, 2.05) is 0 Å². The van der Waals surface area contributed by atoms with Gasteiger partial charge in [-0.1, -0.05) is 0 Å². The van der Waals surface area contributed by atoms with E-state index >= 15 is 0 Å². The third-order valence-electron chi connectivity index (χ3n) is 2.73. The predicted molar refractivity (Wildman–Crippen MR) is 71.1 cm³/mol. The van der Waals surface area contributed by atoms with Gasteiger partial charge in [0.05, 0.1) is 6.54 Å². The molecule has 0 aromatic carbocycles. The molecule has 112 valence electrons. The van der Waals surface area contributed by atoms with Crippen molar-refractivity contribution in [3.05, 3.63) is 18.2 Å². The smallest absolute Gasteiger partial charge is 0.326 e. The van der Waals surface area contributed by atoms with Crippen molar-refractivity contribution in [1.29, 1.82) is 0 Å². The molecule has 0 aliphatic rings. The molecule has 2 amide bonds. The maximum Gasteiger partial charge on any atom is 0.326 e. The number of ether oxygens (including phenoxy) is 1. The van der Waals surface area contributed by atoms with Crippen molar-refractivity contribution in [3.8, 4) is 0 Å². The van der Waals surface area contributed by atoms with Crippen LogP contribution in [0.25, 0.3) is 0 Å². The zero-order chi connectivity index (χ0) is 15.0. The number of nitrogens with zero attached hydrogens (tertiary/aromatic N) is 2. The number of aromatic nitrogens is 2. The zero-order valence-corrected chi connectivity index (χ0v) is 11.6. The highest BCUT2D eigenvalue weighted by atomic mass is 16.5. The van der Waals surface area contributed by atoms with E-state index in [9.17, 15) is 9.59 Å². The van der Waals surface area contributed by atoms with Gasteiger partial charge in [-0.3, -0.25) is 0 Å². The molecule has 1 heterocycles. The van der Waals surface area contributed by atoms with Gasteiger partial charge in [0.2, 0.25) is 0 Å². The van der Waals surface area contributed by atoms with E-state index in [4.69, 9.17) is 9.84 Å². The third-order valence-corrected chi connectivity index (χ3v) is 2.73. The quantitative estimate of drug-likeness (QED) is 0.600. The van der Waals surface area contributed by atoms with Crippen molar-refractivity contribution < 1.29 is 19.4 Å². The molecule has 0 saturated heterocycles. The Balaban J connectivity index is 2.45. The topological polar surface area (TPSA) is 108 Å². The molecule has 0 aliphatic carbocycles. The lowest BCUT2D eigenvalue weighted by Gasteiger charge is -2.20. The van der Waals surface area contributed by atoms with E-state index < -0.39 is 18.0 Å². The molecular weight excluding hydrogens is 264 g/mol. The molecule has 1 rings (SSSR count). The highest BCUT2D eigenvalue weighted by molar-refractivity contribution is 5.82. The second-order valence-corrected chi connectivity index (χ2v) is 4.37. The minimum absolute atomic E-state index is 0.281. The minimum atomic E-state index is -1.05. The first-order chi connectivity index (χ1) is 9.54. The Labute approximate surface area is 117 Å². The average Bonchev–Trinajstić information content (AvgIpc) is 2.90. The van der Waals surface area contributed by atoms with Gasteiger partial charge in [0.25, 0.3) is 0 Å². The minimum Gasteiger partial charge on any atom is -0.480 e. The highest BCUT2D eigenvalue weighted by Crippen LogP contribution is 2.01. The number of amides is 2. The van der Waals surface area contributed by atoms with Gasteiger partial charge in [-0.25, -0.2) is 14.6 Å². The molecule has 20 heavy (non-hydrogen) atoms. The van der Waals surface area contributed by atoms with Crippen LogP contribution in [0, 0.1) is 0 Å². The Morgan fingerprint density at radius 1 is 1.60 bits per heavy atom. The number of rotatable bonds is 8. The van der Waals surface area contributed by atoms with E-state index in [-0.39, 0.29) is 6.54 Å². The van der Waals surface area contributed by atoms with Crippen molar-refractivity contribution in [2.75, 3.05) is 20.8 Å². The molecule has 8 nitrogen and oxygen atoms in total. The van der Waals surface area contributed by atoms with Gasteiger partial charge in [0.15, 0.2) is 0 Å². The summed E-state index contributed by atoms with van der Waals surface area (Å²) in [5.74, 6) is -0.422. The van der Waals surface area contributed by atoms with Crippen LogP contribution in [0.2, 0.25) is 0 Å². The number of imidazole rings is 1. The Bertz CT molecular complexity index is 421. The number of carbonyl (C=O) groups is 2. The molecule has 3 N–H and O–H groups in total. The molecule has 0 spiro atoms. The predicted octanol–water partition coefficient (Wildman–Crippen LogP) is 0.431. The van der Waals surface area contributed by atoms with Crippen molar-refractivity contribution in [3.63, 3.8) is 0 Å². The SMILES string of the molecule is COCCCC(NC(=O)N(C)Cc1ncc[nH]1)C(=O)O. The Morgan fingerprint density at radius 3 is 2.90 bits per heavy atom. The summed E-state index contributed by atoms with van der Waals surface area (Å²) < 4.78 is 4.87. The maximum absolute atomic E-state index is 11.9. The van der Waals surface area contributed by atoms with E-state index in [1.165, 1.54) is 4.90 Å². The molecule has 0 aliphatic heterocycles. The summed E-state index contributed by atoms with van der Waals surface area (Å²) in [6.45, 7) is 0.741. The maximum atomic E-state index is 11.9. The van der Waals surface area contributed by atoms with Gasteiger partial charge in [0, 0.05) is 33.2 Å². The van der Waals surface area contributed by atoms with Crippen LogP contribution in [0.4, 0.5) is 4.79 Å². The number of carboxylic acids is 1. The Morgan fingerprint density at radius 2 is 2.35 bits per heavy atom. The second kappa shape index (κ2) is 8.16. The molecule has 8 heteroatoms. The van der Waals surface area contributed by atoms with Gasteiger partial charge in [-0.2, -0.15) is 0 Å². The average molecular weight is 284 g/mol. The van der Waals surface area contributed by atoms with Gasteiger partial charge in [-0.15, -0.1) is 0 Å². The first-order valence-electron chi connectivity index (χ1n) is 6.26. The molecule has 0 bridgehead atoms. The normalized spacial score (nSPS) is 11.9. The van der Waals surface area contributed by atoms with E-state index in [0.29, 0.717) is 25.3 Å². The Kier molecular flexibility index (Phi) is 6.51. The standard InChI is InChI=1S/C12H20N4O4/c1-16(8-10-13-5-6-14-10)12(19)15-9(11(17)18)4-3-7-20-2/h5-6,9H,3-4,7-8H2,1-2H3,(H,13,14)(H,15,19)(H,17,18). The molecule has 0 fully saturated rings. The molecular formula is C12H20N4O4. The fourth-order valence-electron chi connectivity index (χ4n) is 1.63. The van der Waals surface area contributed by atoms with Crippen molar-refractivity contribution in [1.82, 2.24) is 20.2 Å². The van der Waals surface area contributed by atoms with Crippen LogP contribution < -0.4 is 5.32 Å². The van der Waals surface area contributed by atoms with Crippen LogP contribution >= 0.6 is 0 Å². The van der Waals surface area contributed by atoms with E-state index in [1.54, 1.807) is 26.6 Å². The van der Waals surface area contributed by atoms with Crippen LogP contribution in [0.15, 0.2) is 12.4 Å². The summed E-state index contributed by atoms with van der Waals surface area (Å²) in [5, 5.41) is 11.5. The molecule has 1 unspecified atom stereocenters. The lowest BCUT2D eigenvalue weighted by molar-refractivity contribution is -0.139. The molecule has 1 aromatic rings. The molecule has 1 atom stereocenters. The molecule has 0 saturated carbocycles. The summed E-state index contributed by atoms with van der Waals surface area (Å²) in [4.78, 5) is 31.2. The van der Waals surface area contributed by atoms with Gasteiger partial charge in [-0.05, 0) is 12.8 Å². The van der Waals surface area contributed by atoms with E-state index in [2.05, 4.69) is 15.3 Å². The fraction of sp³-hybridized carbons (Fsp3) is 0.583. The lowest BCUT2D eigenvalue weighted by Crippen LogP contribution is -2.46. The number of carbonyl (C=O) groups excluding carboxylic acids is 1. The molecule has 1 aromatic heterocycles. The van der Waals surface area contributed by atoms with Crippen LogP contribution in [-0.4, -0.2) is 58.8 Å². The van der Waals surface area contributed by atoms with Crippen LogP contribution in [0.1, 0.15) is 18.7 Å². The lowest BCUT2D eigenvalue weighted by atomic mass is 10.1. The third kappa shape index (κ3) is 5.27. The highest BCUT2D eigenvalue weighted by Gasteiger charge is 2.21.